The zero-order valence-electron chi connectivity index (χ0n) is 9.47. The number of benzene rings is 1. The molecule has 0 fully saturated rings. The number of hydrogen-bond acceptors (Lipinski definition) is 5. The summed E-state index contributed by atoms with van der Waals surface area (Å²) in [4.78, 5) is 14.5. The van der Waals surface area contributed by atoms with E-state index in [2.05, 4.69) is 26.1 Å². The first-order chi connectivity index (χ1) is 9.06. The molecule has 0 bridgehead atoms. The number of carboxylic acid groups (broad SMARTS) is 1. The van der Waals surface area contributed by atoms with Gasteiger partial charge >= 0.3 is 5.97 Å². The normalized spacial score (nSPS) is 10.6. The molecule has 1 N–H and O–H groups in total. The third-order valence-electron chi connectivity index (χ3n) is 2.09. The molecule has 2 rings (SSSR count). The van der Waals surface area contributed by atoms with Crippen molar-refractivity contribution in [2.24, 2.45) is 0 Å². The first-order valence-electron chi connectivity index (χ1n) is 5.14. The minimum absolute atomic E-state index is 0.0403. The van der Waals surface area contributed by atoms with E-state index in [1.54, 1.807) is 6.07 Å². The van der Waals surface area contributed by atoms with E-state index in [4.69, 9.17) is 9.63 Å². The van der Waals surface area contributed by atoms with Gasteiger partial charge in [0.1, 0.15) is 5.82 Å². The minimum Gasteiger partial charge on any atom is -0.481 e. The lowest BCUT2D eigenvalue weighted by molar-refractivity contribution is -0.133. The van der Waals surface area contributed by atoms with E-state index >= 15 is 0 Å². The van der Waals surface area contributed by atoms with Crippen LogP contribution in [-0.2, 0) is 10.5 Å². The van der Waals surface area contributed by atoms with Crippen LogP contribution in [0.4, 0.5) is 4.39 Å². The van der Waals surface area contributed by atoms with Crippen LogP contribution in [0.2, 0.25) is 0 Å². The molecule has 0 unspecified atom stereocenters. The van der Waals surface area contributed by atoms with Crippen LogP contribution in [-0.4, -0.2) is 27.0 Å². The highest BCUT2D eigenvalue weighted by Crippen LogP contribution is 2.27. The summed E-state index contributed by atoms with van der Waals surface area (Å²) in [6.07, 6.45) is 0. The molecule has 19 heavy (non-hydrogen) atoms. The summed E-state index contributed by atoms with van der Waals surface area (Å²) in [6, 6.07) is 4.17. The molecular formula is C11H8BrFN2O3S. The van der Waals surface area contributed by atoms with Gasteiger partial charge in [-0.2, -0.15) is 4.98 Å². The van der Waals surface area contributed by atoms with Crippen LogP contribution in [0.25, 0.3) is 11.4 Å². The van der Waals surface area contributed by atoms with E-state index in [9.17, 15) is 9.18 Å². The first kappa shape index (κ1) is 14.0. The maximum absolute atomic E-state index is 13.2. The molecule has 100 valence electrons. The second-order valence-electron chi connectivity index (χ2n) is 3.52. The highest BCUT2D eigenvalue weighted by atomic mass is 79.9. The third-order valence-corrected chi connectivity index (χ3v) is 3.68. The largest absolute Gasteiger partial charge is 0.481 e. The molecule has 0 saturated carbocycles. The lowest BCUT2D eigenvalue weighted by Gasteiger charge is -1.98. The molecule has 1 aromatic carbocycles. The molecule has 0 aliphatic rings. The summed E-state index contributed by atoms with van der Waals surface area (Å²) in [5, 5.41) is 12.2. The standard InChI is InChI=1S/C11H8BrFN2O3S/c12-8-2-1-6(13)3-7(8)11-14-9(18-15-11)4-19-5-10(16)17/h1-3H,4-5H2,(H,16,17). The van der Waals surface area contributed by atoms with Gasteiger partial charge in [0.15, 0.2) is 0 Å². The highest BCUT2D eigenvalue weighted by molar-refractivity contribution is 9.10. The fourth-order valence-corrected chi connectivity index (χ4v) is 2.31. The molecule has 0 atom stereocenters. The molecule has 0 amide bonds. The Hall–Kier alpha value is -1.41. The third kappa shape index (κ3) is 3.77. The molecule has 1 aromatic heterocycles. The Balaban J connectivity index is 2.12. The van der Waals surface area contributed by atoms with Gasteiger partial charge in [-0.25, -0.2) is 4.39 Å². The predicted octanol–water partition coefficient (Wildman–Crippen LogP) is 2.96. The van der Waals surface area contributed by atoms with Crippen LogP contribution in [0.15, 0.2) is 27.2 Å². The van der Waals surface area contributed by atoms with E-state index in [0.717, 1.165) is 11.8 Å². The maximum Gasteiger partial charge on any atom is 0.313 e. The zero-order valence-corrected chi connectivity index (χ0v) is 11.9. The maximum atomic E-state index is 13.2. The smallest absolute Gasteiger partial charge is 0.313 e. The lowest BCUT2D eigenvalue weighted by atomic mass is 10.2. The number of aliphatic carboxylic acids is 1. The monoisotopic (exact) mass is 346 g/mol. The Morgan fingerprint density at radius 1 is 1.53 bits per heavy atom. The Bertz CT molecular complexity index is 605. The van der Waals surface area contributed by atoms with Crippen molar-refractivity contribution in [3.63, 3.8) is 0 Å². The van der Waals surface area contributed by atoms with E-state index in [1.165, 1.54) is 12.1 Å². The van der Waals surface area contributed by atoms with Gasteiger partial charge in [0, 0.05) is 10.0 Å². The summed E-state index contributed by atoms with van der Waals surface area (Å²) in [6.45, 7) is 0. The number of halogens is 2. The van der Waals surface area contributed by atoms with Crippen molar-refractivity contribution in [2.45, 2.75) is 5.75 Å². The van der Waals surface area contributed by atoms with Gasteiger partial charge in [0.05, 0.1) is 11.5 Å². The number of carboxylic acids is 1. The van der Waals surface area contributed by atoms with E-state index in [0.29, 0.717) is 21.7 Å². The molecule has 0 aliphatic carbocycles. The fourth-order valence-electron chi connectivity index (χ4n) is 1.32. The second-order valence-corrected chi connectivity index (χ2v) is 5.36. The minimum atomic E-state index is -0.905. The molecule has 8 heteroatoms. The van der Waals surface area contributed by atoms with Crippen LogP contribution in [0, 0.1) is 5.82 Å². The topological polar surface area (TPSA) is 76.2 Å². The van der Waals surface area contributed by atoms with Gasteiger partial charge in [0.25, 0.3) is 0 Å². The van der Waals surface area contributed by atoms with Gasteiger partial charge < -0.3 is 9.63 Å². The Morgan fingerprint density at radius 3 is 3.05 bits per heavy atom. The highest BCUT2D eigenvalue weighted by Gasteiger charge is 2.13. The summed E-state index contributed by atoms with van der Waals surface area (Å²) < 4.78 is 18.8. The summed E-state index contributed by atoms with van der Waals surface area (Å²) in [7, 11) is 0. The Labute approximate surface area is 120 Å². The summed E-state index contributed by atoms with van der Waals surface area (Å²) in [5.41, 5.74) is 0.484. The van der Waals surface area contributed by atoms with Crippen molar-refractivity contribution >= 4 is 33.7 Å². The fraction of sp³-hybridized carbons (Fsp3) is 0.182. The van der Waals surface area contributed by atoms with Crippen molar-refractivity contribution in [2.75, 3.05) is 5.75 Å². The summed E-state index contributed by atoms with van der Waals surface area (Å²) in [5.74, 6) is -0.481. The lowest BCUT2D eigenvalue weighted by Crippen LogP contribution is -1.98. The SMILES string of the molecule is O=C(O)CSCc1nc(-c2cc(F)ccc2Br)no1. The Morgan fingerprint density at radius 2 is 2.32 bits per heavy atom. The van der Waals surface area contributed by atoms with Gasteiger partial charge in [-0.3, -0.25) is 4.79 Å². The van der Waals surface area contributed by atoms with E-state index in [-0.39, 0.29) is 11.6 Å². The molecule has 0 spiro atoms. The number of thioether (sulfide) groups is 1. The number of nitrogens with zero attached hydrogens (tertiary/aromatic N) is 2. The van der Waals surface area contributed by atoms with E-state index < -0.39 is 11.8 Å². The van der Waals surface area contributed by atoms with Gasteiger partial charge in [0.2, 0.25) is 11.7 Å². The molecule has 0 aliphatic heterocycles. The average Bonchev–Trinajstić information content (AvgIpc) is 2.80. The molecule has 0 radical (unpaired) electrons. The molecule has 5 nitrogen and oxygen atoms in total. The van der Waals surface area contributed by atoms with Crippen molar-refractivity contribution < 1.29 is 18.8 Å². The van der Waals surface area contributed by atoms with Crippen LogP contribution >= 0.6 is 27.7 Å². The van der Waals surface area contributed by atoms with Crippen molar-refractivity contribution in [3.05, 3.63) is 34.4 Å². The second kappa shape index (κ2) is 6.16. The van der Waals surface area contributed by atoms with Gasteiger partial charge in [-0.15, -0.1) is 11.8 Å². The number of hydrogen-bond donors (Lipinski definition) is 1. The van der Waals surface area contributed by atoms with Crippen LogP contribution in [0.5, 0.6) is 0 Å². The number of rotatable bonds is 5. The first-order valence-corrected chi connectivity index (χ1v) is 7.08. The van der Waals surface area contributed by atoms with Gasteiger partial charge in [-0.05, 0) is 18.2 Å². The van der Waals surface area contributed by atoms with Gasteiger partial charge in [-0.1, -0.05) is 21.1 Å². The molecular weight excluding hydrogens is 339 g/mol. The summed E-state index contributed by atoms with van der Waals surface area (Å²) >= 11 is 4.43. The van der Waals surface area contributed by atoms with Crippen LogP contribution < -0.4 is 0 Å². The van der Waals surface area contributed by atoms with E-state index in [1.807, 2.05) is 0 Å². The predicted molar refractivity (Wildman–Crippen MR) is 71.2 cm³/mol. The van der Waals surface area contributed by atoms with Crippen molar-refractivity contribution in [1.82, 2.24) is 10.1 Å². The van der Waals surface area contributed by atoms with Crippen molar-refractivity contribution in [3.8, 4) is 11.4 Å². The zero-order chi connectivity index (χ0) is 13.8. The number of aromatic nitrogens is 2. The quantitative estimate of drug-likeness (QED) is 0.896. The van der Waals surface area contributed by atoms with Crippen molar-refractivity contribution in [1.29, 1.82) is 0 Å². The average molecular weight is 347 g/mol. The Kier molecular flexibility index (Phi) is 4.54. The molecule has 2 aromatic rings. The van der Waals surface area contributed by atoms with Crippen LogP contribution in [0.1, 0.15) is 5.89 Å². The molecule has 1 heterocycles. The number of carbonyl (C=O) groups is 1. The molecule has 0 saturated heterocycles. The van der Waals surface area contributed by atoms with Crippen LogP contribution in [0.3, 0.4) is 0 Å².